The summed E-state index contributed by atoms with van der Waals surface area (Å²) in [4.78, 5) is 19.9. The number of hydrogen-bond donors (Lipinski definition) is 2. The van der Waals surface area contributed by atoms with Gasteiger partial charge < -0.3 is 9.31 Å². The van der Waals surface area contributed by atoms with Gasteiger partial charge in [0.15, 0.2) is 0 Å². The molecule has 0 spiro atoms. The standard InChI is InChI=1S/C24H18BN4O10S2/c30-28(31)19-7-3-11-23(15-19)40(34,35)26-17-5-1-9-21(13-17)38-25-39-22-10-2-6-18(14-22)27-41(36,37)24-12-4-8-20(16-24)29(32)33/h1-16,26-27H. The zero-order chi connectivity index (χ0) is 29.6. The average molecular weight is 597 g/mol. The molecule has 0 unspecified atom stereocenters. The van der Waals surface area contributed by atoms with Crippen LogP contribution in [0.3, 0.4) is 0 Å². The van der Waals surface area contributed by atoms with Gasteiger partial charge in [0, 0.05) is 36.4 Å². The molecule has 2 N–H and O–H groups in total. The van der Waals surface area contributed by atoms with Crippen LogP contribution in [0.4, 0.5) is 22.7 Å². The molecule has 0 bridgehead atoms. The van der Waals surface area contributed by atoms with E-state index in [1.807, 2.05) is 0 Å². The molecule has 17 heteroatoms. The van der Waals surface area contributed by atoms with Gasteiger partial charge in [0.2, 0.25) is 0 Å². The molecule has 0 aromatic heterocycles. The number of benzene rings is 4. The van der Waals surface area contributed by atoms with E-state index in [-0.39, 0.29) is 44.0 Å². The highest BCUT2D eigenvalue weighted by molar-refractivity contribution is 7.93. The Morgan fingerprint density at radius 1 is 0.585 bits per heavy atom. The number of nitrogens with zero attached hydrogens (tertiary/aromatic N) is 2. The van der Waals surface area contributed by atoms with E-state index >= 15 is 0 Å². The molecule has 4 aromatic carbocycles. The molecule has 0 saturated heterocycles. The number of hydrogen-bond acceptors (Lipinski definition) is 10. The van der Waals surface area contributed by atoms with E-state index in [1.165, 1.54) is 84.9 Å². The fraction of sp³-hybridized carbons (Fsp3) is 0. The number of nitrogens with one attached hydrogen (secondary N) is 2. The number of anilines is 2. The lowest BCUT2D eigenvalue weighted by Crippen LogP contribution is -2.14. The van der Waals surface area contributed by atoms with Gasteiger partial charge in [0.05, 0.1) is 31.0 Å². The van der Waals surface area contributed by atoms with E-state index in [1.54, 1.807) is 0 Å². The first-order valence-electron chi connectivity index (χ1n) is 11.3. The van der Waals surface area contributed by atoms with Crippen LogP contribution in [-0.2, 0) is 20.0 Å². The summed E-state index contributed by atoms with van der Waals surface area (Å²) in [6, 6.07) is 20.7. The molecule has 0 fully saturated rings. The van der Waals surface area contributed by atoms with Crippen molar-refractivity contribution in [1.82, 2.24) is 0 Å². The van der Waals surface area contributed by atoms with Crippen molar-refractivity contribution in [1.29, 1.82) is 0 Å². The number of nitro groups is 2. The number of rotatable bonds is 12. The van der Waals surface area contributed by atoms with Crippen LogP contribution in [0.1, 0.15) is 0 Å². The van der Waals surface area contributed by atoms with Crippen molar-refractivity contribution in [2.45, 2.75) is 9.79 Å². The summed E-state index contributed by atoms with van der Waals surface area (Å²) < 4.78 is 66.1. The molecular formula is C24H18BN4O10S2. The maximum Gasteiger partial charge on any atom is 0.658 e. The minimum atomic E-state index is -4.14. The summed E-state index contributed by atoms with van der Waals surface area (Å²) in [7, 11) is -7.34. The lowest BCUT2D eigenvalue weighted by Gasteiger charge is -2.12. The fourth-order valence-corrected chi connectivity index (χ4v) is 5.54. The highest BCUT2D eigenvalue weighted by Crippen LogP contribution is 2.25. The highest BCUT2D eigenvalue weighted by Gasteiger charge is 2.19. The van der Waals surface area contributed by atoms with Crippen LogP contribution < -0.4 is 18.8 Å². The minimum absolute atomic E-state index is 0.111. The largest absolute Gasteiger partial charge is 0.658 e. The van der Waals surface area contributed by atoms with Crippen molar-refractivity contribution >= 4 is 50.5 Å². The van der Waals surface area contributed by atoms with E-state index in [2.05, 4.69) is 9.44 Å². The summed E-state index contributed by atoms with van der Waals surface area (Å²) in [6.07, 6.45) is 0. The van der Waals surface area contributed by atoms with Crippen LogP contribution >= 0.6 is 0 Å². The first kappa shape index (κ1) is 28.8. The van der Waals surface area contributed by atoms with E-state index in [9.17, 15) is 37.1 Å². The molecule has 0 aliphatic heterocycles. The summed E-state index contributed by atoms with van der Waals surface area (Å²) in [6.45, 7) is 0. The van der Waals surface area contributed by atoms with Crippen LogP contribution in [0.25, 0.3) is 0 Å². The Morgan fingerprint density at radius 3 is 1.37 bits per heavy atom. The van der Waals surface area contributed by atoms with Crippen LogP contribution in [0.15, 0.2) is 107 Å². The molecule has 4 rings (SSSR count). The van der Waals surface area contributed by atoms with Crippen molar-refractivity contribution in [2.24, 2.45) is 0 Å². The highest BCUT2D eigenvalue weighted by atomic mass is 32.2. The third-order valence-electron chi connectivity index (χ3n) is 5.22. The third kappa shape index (κ3) is 7.49. The molecular weight excluding hydrogens is 579 g/mol. The van der Waals surface area contributed by atoms with Crippen molar-refractivity contribution in [3.05, 3.63) is 117 Å². The Morgan fingerprint density at radius 2 is 0.976 bits per heavy atom. The molecule has 0 atom stereocenters. The number of sulfonamides is 2. The Hall–Kier alpha value is -5.16. The Bertz CT molecular complexity index is 1700. The molecule has 0 aliphatic rings. The predicted molar refractivity (Wildman–Crippen MR) is 148 cm³/mol. The molecule has 0 aliphatic carbocycles. The van der Waals surface area contributed by atoms with Crippen molar-refractivity contribution in [3.63, 3.8) is 0 Å². The summed E-state index contributed by atoms with van der Waals surface area (Å²) in [5.74, 6) is 0.346. The number of nitro benzene ring substituents is 2. The second-order valence-corrected chi connectivity index (χ2v) is 11.5. The summed E-state index contributed by atoms with van der Waals surface area (Å²) >= 11 is 0. The molecule has 209 valence electrons. The van der Waals surface area contributed by atoms with Crippen LogP contribution in [0.2, 0.25) is 0 Å². The van der Waals surface area contributed by atoms with E-state index < -0.39 is 29.9 Å². The molecule has 0 heterocycles. The molecule has 4 aromatic rings. The topological polar surface area (TPSA) is 197 Å². The van der Waals surface area contributed by atoms with Gasteiger partial charge >= 0.3 is 7.69 Å². The quantitative estimate of drug-likeness (QED) is 0.136. The monoisotopic (exact) mass is 597 g/mol. The van der Waals surface area contributed by atoms with E-state index in [0.717, 1.165) is 19.8 Å². The number of non-ortho nitro benzene ring substituents is 2. The van der Waals surface area contributed by atoms with Gasteiger partial charge in [-0.1, -0.05) is 24.3 Å². The molecule has 0 saturated carbocycles. The first-order chi connectivity index (χ1) is 19.4. The van der Waals surface area contributed by atoms with Gasteiger partial charge in [0.25, 0.3) is 31.4 Å². The smallest absolute Gasteiger partial charge is 0.526 e. The zero-order valence-electron chi connectivity index (χ0n) is 20.6. The van der Waals surface area contributed by atoms with Crippen LogP contribution in [-0.4, -0.2) is 34.4 Å². The maximum absolute atomic E-state index is 12.7. The zero-order valence-corrected chi connectivity index (χ0v) is 22.2. The van der Waals surface area contributed by atoms with Gasteiger partial charge in [-0.3, -0.25) is 29.7 Å². The molecule has 14 nitrogen and oxygen atoms in total. The van der Waals surface area contributed by atoms with E-state index in [4.69, 9.17) is 9.31 Å². The second-order valence-electron chi connectivity index (χ2n) is 8.11. The third-order valence-corrected chi connectivity index (χ3v) is 7.98. The lowest BCUT2D eigenvalue weighted by atomic mass is 10.2. The van der Waals surface area contributed by atoms with Crippen molar-refractivity contribution < 1.29 is 36.0 Å². The first-order valence-corrected chi connectivity index (χ1v) is 14.3. The van der Waals surface area contributed by atoms with E-state index in [0.29, 0.717) is 0 Å². The minimum Gasteiger partial charge on any atom is -0.526 e. The maximum atomic E-state index is 12.7. The summed E-state index contributed by atoms with van der Waals surface area (Å²) in [5, 5.41) is 21.9. The van der Waals surface area contributed by atoms with Gasteiger partial charge in [-0.15, -0.1) is 0 Å². The van der Waals surface area contributed by atoms with Crippen LogP contribution in [0, 0.1) is 20.2 Å². The molecule has 1 radical (unpaired) electrons. The Kier molecular flexibility index (Phi) is 8.39. The Labute approximate surface area is 234 Å². The lowest BCUT2D eigenvalue weighted by molar-refractivity contribution is -0.385. The second kappa shape index (κ2) is 11.9. The predicted octanol–water partition coefficient (Wildman–Crippen LogP) is 4.10. The Balaban J connectivity index is 1.38. The van der Waals surface area contributed by atoms with Gasteiger partial charge in [-0.25, -0.2) is 16.8 Å². The summed E-state index contributed by atoms with van der Waals surface area (Å²) in [5.41, 5.74) is -0.532. The van der Waals surface area contributed by atoms with Crippen molar-refractivity contribution in [3.8, 4) is 11.5 Å². The normalized spacial score (nSPS) is 11.2. The van der Waals surface area contributed by atoms with Gasteiger partial charge in [0.1, 0.15) is 11.5 Å². The van der Waals surface area contributed by atoms with Gasteiger partial charge in [-0.05, 0) is 36.4 Å². The van der Waals surface area contributed by atoms with Crippen molar-refractivity contribution in [2.75, 3.05) is 9.44 Å². The molecule has 41 heavy (non-hydrogen) atoms. The average Bonchev–Trinajstić information content (AvgIpc) is 2.93. The van der Waals surface area contributed by atoms with Crippen LogP contribution in [0.5, 0.6) is 11.5 Å². The molecule has 0 amide bonds. The SMILES string of the molecule is O=[N+]([O-])c1cccc(S(=O)(=O)Nc2cccc(O[B]Oc3cccc(NS(=O)(=O)c4cccc([N+](=O)[O-])c4)c3)c2)c1. The van der Waals surface area contributed by atoms with Gasteiger partial charge in [-0.2, -0.15) is 0 Å². The fourth-order valence-electron chi connectivity index (χ4n) is 3.36.